The van der Waals surface area contributed by atoms with Gasteiger partial charge in [-0.05, 0) is 42.5 Å². The summed E-state index contributed by atoms with van der Waals surface area (Å²) in [5.41, 5.74) is 4.15. The first-order chi connectivity index (χ1) is 12.1. The van der Waals surface area contributed by atoms with Crippen LogP contribution in [0.15, 0.2) is 59.0 Å². The van der Waals surface area contributed by atoms with Crippen LogP contribution in [-0.2, 0) is 0 Å². The number of carbonyl (C=O) groups excluding carboxylic acids is 1. The predicted molar refractivity (Wildman–Crippen MR) is 93.5 cm³/mol. The summed E-state index contributed by atoms with van der Waals surface area (Å²) in [7, 11) is 0. The third-order valence-corrected chi connectivity index (χ3v) is 4.03. The zero-order chi connectivity index (χ0) is 17.4. The number of amides is 1. The van der Waals surface area contributed by atoms with Crippen LogP contribution in [0.3, 0.4) is 0 Å². The largest absolute Gasteiger partial charge is 0.453 e. The first-order valence-corrected chi connectivity index (χ1v) is 7.82. The summed E-state index contributed by atoms with van der Waals surface area (Å²) >= 11 is 6.01. The Bertz CT molecular complexity index is 1080. The fraction of sp³-hybridized carbons (Fsp3) is 0. The molecule has 0 radical (unpaired) electrons. The molecular weight excluding hydrogens is 342 g/mol. The molecule has 0 saturated heterocycles. The molecule has 2 heterocycles. The Morgan fingerprint density at radius 1 is 1.12 bits per heavy atom. The van der Waals surface area contributed by atoms with Gasteiger partial charge in [-0.15, -0.1) is 0 Å². The number of imidazole rings is 1. The van der Waals surface area contributed by atoms with Crippen molar-refractivity contribution in [3.8, 4) is 22.9 Å². The van der Waals surface area contributed by atoms with Gasteiger partial charge in [-0.2, -0.15) is 0 Å². The zero-order valence-corrected chi connectivity index (χ0v) is 13.5. The third kappa shape index (κ3) is 2.88. The second-order valence-electron chi connectivity index (χ2n) is 5.43. The van der Waals surface area contributed by atoms with Crippen LogP contribution in [0, 0.1) is 0 Å². The molecule has 0 atom stereocenters. The molecule has 7 heteroatoms. The van der Waals surface area contributed by atoms with Gasteiger partial charge in [-0.3, -0.25) is 10.0 Å². The van der Waals surface area contributed by atoms with E-state index in [1.807, 2.05) is 30.3 Å². The first kappa shape index (κ1) is 15.4. The lowest BCUT2D eigenvalue weighted by molar-refractivity contribution is 0.0706. The van der Waals surface area contributed by atoms with Crippen molar-refractivity contribution in [2.24, 2.45) is 0 Å². The van der Waals surface area contributed by atoms with Crippen LogP contribution in [0.5, 0.6) is 0 Å². The average molecular weight is 354 g/mol. The normalized spacial score (nSPS) is 11.0. The van der Waals surface area contributed by atoms with Crippen LogP contribution in [0.1, 0.15) is 10.4 Å². The molecule has 4 rings (SSSR count). The minimum atomic E-state index is -0.584. The summed E-state index contributed by atoms with van der Waals surface area (Å²) < 4.78 is 5.87. The molecule has 0 aliphatic rings. The van der Waals surface area contributed by atoms with Crippen LogP contribution in [-0.4, -0.2) is 21.1 Å². The highest BCUT2D eigenvalue weighted by molar-refractivity contribution is 6.30. The minimum absolute atomic E-state index is 0.323. The van der Waals surface area contributed by atoms with Crippen molar-refractivity contribution in [2.75, 3.05) is 0 Å². The maximum atomic E-state index is 11.5. The number of benzene rings is 2. The summed E-state index contributed by atoms with van der Waals surface area (Å²) in [5.74, 6) is 1.21. The van der Waals surface area contributed by atoms with Crippen molar-refractivity contribution < 1.29 is 14.4 Å². The van der Waals surface area contributed by atoms with Gasteiger partial charge in [0.2, 0.25) is 0 Å². The van der Waals surface area contributed by atoms with Crippen molar-refractivity contribution in [1.29, 1.82) is 0 Å². The van der Waals surface area contributed by atoms with Gasteiger partial charge in [0.15, 0.2) is 11.6 Å². The third-order valence-electron chi connectivity index (χ3n) is 3.79. The molecule has 0 aliphatic heterocycles. The smallest absolute Gasteiger partial charge is 0.274 e. The first-order valence-electron chi connectivity index (χ1n) is 7.44. The fourth-order valence-electron chi connectivity index (χ4n) is 2.59. The van der Waals surface area contributed by atoms with Crippen molar-refractivity contribution in [3.63, 3.8) is 0 Å². The molecule has 0 unspecified atom stereocenters. The van der Waals surface area contributed by atoms with E-state index in [4.69, 9.17) is 21.2 Å². The lowest BCUT2D eigenvalue weighted by Crippen LogP contribution is -2.18. The van der Waals surface area contributed by atoms with E-state index in [2.05, 4.69) is 9.97 Å². The maximum absolute atomic E-state index is 11.5. The predicted octanol–water partition coefficient (Wildman–Crippen LogP) is 4.26. The van der Waals surface area contributed by atoms with Crippen molar-refractivity contribution >= 4 is 28.5 Å². The summed E-state index contributed by atoms with van der Waals surface area (Å²) in [6.45, 7) is 0. The van der Waals surface area contributed by atoms with E-state index < -0.39 is 5.91 Å². The number of nitrogens with zero attached hydrogens (tertiary/aromatic N) is 1. The highest BCUT2D eigenvalue weighted by atomic mass is 35.5. The number of aromatic nitrogens is 2. The van der Waals surface area contributed by atoms with Gasteiger partial charge in [0.05, 0.1) is 11.0 Å². The molecule has 0 aliphatic carbocycles. The van der Waals surface area contributed by atoms with E-state index in [-0.39, 0.29) is 0 Å². The average Bonchev–Trinajstić information content (AvgIpc) is 3.27. The van der Waals surface area contributed by atoms with Crippen LogP contribution in [0.4, 0.5) is 0 Å². The molecule has 0 fully saturated rings. The standard InChI is InChI=1S/C18H12ClN3O3/c19-12-3-1-2-10(8-12)15-6-7-16(25-15)17-20-13-5-4-11(18(23)22-24)9-14(13)21-17/h1-9,24H,(H,20,21)(H,22,23). The number of hydrogen-bond donors (Lipinski definition) is 3. The lowest BCUT2D eigenvalue weighted by Gasteiger charge is -1.97. The second kappa shape index (κ2) is 6.08. The number of rotatable bonds is 3. The molecule has 0 bridgehead atoms. The zero-order valence-electron chi connectivity index (χ0n) is 12.8. The molecule has 3 N–H and O–H groups in total. The monoisotopic (exact) mass is 353 g/mol. The van der Waals surface area contributed by atoms with Crippen LogP contribution >= 0.6 is 11.6 Å². The van der Waals surface area contributed by atoms with E-state index in [1.54, 1.807) is 29.7 Å². The van der Waals surface area contributed by atoms with E-state index >= 15 is 0 Å². The number of fused-ring (bicyclic) bond motifs is 1. The Labute approximate surface area is 147 Å². The minimum Gasteiger partial charge on any atom is -0.453 e. The van der Waals surface area contributed by atoms with Gasteiger partial charge in [-0.25, -0.2) is 10.5 Å². The van der Waals surface area contributed by atoms with Gasteiger partial charge < -0.3 is 9.40 Å². The van der Waals surface area contributed by atoms with Gasteiger partial charge >= 0.3 is 0 Å². The molecule has 1 amide bonds. The number of carbonyl (C=O) groups is 1. The molecule has 124 valence electrons. The Balaban J connectivity index is 1.71. The SMILES string of the molecule is O=C(NO)c1ccc2nc(-c3ccc(-c4cccc(Cl)c4)o3)[nH]c2c1. The quantitative estimate of drug-likeness (QED) is 0.379. The van der Waals surface area contributed by atoms with Gasteiger partial charge in [0.1, 0.15) is 5.76 Å². The molecule has 6 nitrogen and oxygen atoms in total. The number of nitrogens with one attached hydrogen (secondary N) is 2. The number of aromatic amines is 1. The number of halogens is 1. The van der Waals surface area contributed by atoms with Gasteiger partial charge in [-0.1, -0.05) is 23.7 Å². The van der Waals surface area contributed by atoms with E-state index in [1.165, 1.54) is 0 Å². The van der Waals surface area contributed by atoms with E-state index in [0.29, 0.717) is 39.0 Å². The second-order valence-corrected chi connectivity index (χ2v) is 5.87. The molecule has 25 heavy (non-hydrogen) atoms. The van der Waals surface area contributed by atoms with Gasteiger partial charge in [0, 0.05) is 16.1 Å². The lowest BCUT2D eigenvalue weighted by atomic mass is 10.2. The van der Waals surface area contributed by atoms with Crippen LogP contribution < -0.4 is 5.48 Å². The Hall–Kier alpha value is -3.09. The number of H-pyrrole nitrogens is 1. The van der Waals surface area contributed by atoms with E-state index in [0.717, 1.165) is 5.56 Å². The van der Waals surface area contributed by atoms with Crippen LogP contribution in [0.25, 0.3) is 33.9 Å². The molecule has 2 aromatic heterocycles. The summed E-state index contributed by atoms with van der Waals surface area (Å²) in [6.07, 6.45) is 0. The van der Waals surface area contributed by atoms with Crippen LogP contribution in [0.2, 0.25) is 5.02 Å². The highest BCUT2D eigenvalue weighted by Crippen LogP contribution is 2.29. The molecule has 2 aromatic carbocycles. The molecular formula is C18H12ClN3O3. The summed E-state index contributed by atoms with van der Waals surface area (Å²) in [5, 5.41) is 9.36. The Morgan fingerprint density at radius 3 is 2.76 bits per heavy atom. The van der Waals surface area contributed by atoms with Crippen molar-refractivity contribution in [3.05, 3.63) is 65.2 Å². The number of hydroxylamine groups is 1. The maximum Gasteiger partial charge on any atom is 0.274 e. The summed E-state index contributed by atoms with van der Waals surface area (Å²) in [4.78, 5) is 19.1. The van der Waals surface area contributed by atoms with E-state index in [9.17, 15) is 4.79 Å². The van der Waals surface area contributed by atoms with Crippen molar-refractivity contribution in [2.45, 2.75) is 0 Å². The Kier molecular flexibility index (Phi) is 3.76. The number of furan rings is 1. The summed E-state index contributed by atoms with van der Waals surface area (Å²) in [6, 6.07) is 15.9. The molecule has 0 spiro atoms. The Morgan fingerprint density at radius 2 is 1.96 bits per heavy atom. The fourth-order valence-corrected chi connectivity index (χ4v) is 2.78. The topological polar surface area (TPSA) is 91.2 Å². The molecule has 4 aromatic rings. The highest BCUT2D eigenvalue weighted by Gasteiger charge is 2.13. The van der Waals surface area contributed by atoms with Gasteiger partial charge in [0.25, 0.3) is 5.91 Å². The molecule has 0 saturated carbocycles. The number of hydrogen-bond acceptors (Lipinski definition) is 4. The van der Waals surface area contributed by atoms with Crippen molar-refractivity contribution in [1.82, 2.24) is 15.4 Å².